The van der Waals surface area contributed by atoms with E-state index >= 15 is 0 Å². The van der Waals surface area contributed by atoms with Gasteiger partial charge in [-0.15, -0.1) is 23.1 Å². The van der Waals surface area contributed by atoms with Gasteiger partial charge >= 0.3 is 11.9 Å². The zero-order valence-corrected chi connectivity index (χ0v) is 13.5. The fourth-order valence-electron chi connectivity index (χ4n) is 1.90. The van der Waals surface area contributed by atoms with Crippen molar-refractivity contribution in [2.24, 2.45) is 4.99 Å². The summed E-state index contributed by atoms with van der Waals surface area (Å²) in [5.41, 5.74) is 0.389. The molecule has 0 radical (unpaired) electrons. The second-order valence-corrected chi connectivity index (χ2v) is 6.78. The Balaban J connectivity index is 2.13. The number of nitrogens with one attached hydrogen (secondary N) is 1. The number of carboxylic acid groups (broad SMARTS) is 2. The van der Waals surface area contributed by atoms with Gasteiger partial charge in [0.2, 0.25) is 5.91 Å². The average Bonchev–Trinajstić information content (AvgIpc) is 2.97. The van der Waals surface area contributed by atoms with E-state index < -0.39 is 29.9 Å². The summed E-state index contributed by atoms with van der Waals surface area (Å²) in [7, 11) is 0. The predicted molar refractivity (Wildman–Crippen MR) is 88.0 cm³/mol. The lowest BCUT2D eigenvalue weighted by atomic mass is 10.1. The van der Waals surface area contributed by atoms with Crippen molar-refractivity contribution in [3.05, 3.63) is 34.5 Å². The summed E-state index contributed by atoms with van der Waals surface area (Å²) in [6.45, 7) is 3.62. The van der Waals surface area contributed by atoms with Crippen LogP contribution in [0.3, 0.4) is 0 Å². The van der Waals surface area contributed by atoms with Gasteiger partial charge in [0.15, 0.2) is 12.1 Å². The number of carbonyl (C=O) groups excluding carboxylic acids is 1. The largest absolute Gasteiger partial charge is 0.479 e. The van der Waals surface area contributed by atoms with E-state index in [1.165, 1.54) is 11.3 Å². The lowest BCUT2D eigenvalue weighted by Crippen LogP contribution is -2.47. The van der Waals surface area contributed by atoms with Gasteiger partial charge in [0.25, 0.3) is 0 Å². The average molecular weight is 354 g/mol. The van der Waals surface area contributed by atoms with Gasteiger partial charge in [-0.1, -0.05) is 12.6 Å². The topological polar surface area (TPSA) is 116 Å². The lowest BCUT2D eigenvalue weighted by Gasteiger charge is -2.23. The van der Waals surface area contributed by atoms with Gasteiger partial charge in [0.05, 0.1) is 6.42 Å². The molecule has 122 valence electrons. The highest BCUT2D eigenvalue weighted by Crippen LogP contribution is 2.24. The molecule has 0 aliphatic carbocycles. The van der Waals surface area contributed by atoms with E-state index in [-0.39, 0.29) is 17.2 Å². The van der Waals surface area contributed by atoms with Crippen LogP contribution in [0.15, 0.2) is 34.7 Å². The van der Waals surface area contributed by atoms with Crippen molar-refractivity contribution in [2.45, 2.75) is 18.5 Å². The monoisotopic (exact) mass is 354 g/mol. The first-order valence-corrected chi connectivity index (χ1v) is 8.40. The highest BCUT2D eigenvalue weighted by atomic mass is 32.2. The van der Waals surface area contributed by atoms with Crippen LogP contribution in [0.2, 0.25) is 0 Å². The number of carboxylic acids is 2. The number of thioether (sulfide) groups is 1. The highest BCUT2D eigenvalue weighted by molar-refractivity contribution is 8.14. The summed E-state index contributed by atoms with van der Waals surface area (Å²) in [6.07, 6.45) is 0.0639. The van der Waals surface area contributed by atoms with E-state index in [1.54, 1.807) is 12.1 Å². The van der Waals surface area contributed by atoms with Crippen molar-refractivity contribution in [3.8, 4) is 0 Å². The van der Waals surface area contributed by atoms with Gasteiger partial charge in [-0.2, -0.15) is 0 Å². The van der Waals surface area contributed by atoms with Gasteiger partial charge in [-0.05, 0) is 17.0 Å². The van der Waals surface area contributed by atoms with Crippen molar-refractivity contribution in [3.63, 3.8) is 0 Å². The second kappa shape index (κ2) is 7.42. The zero-order chi connectivity index (χ0) is 17.0. The molecule has 0 unspecified atom stereocenters. The molecule has 0 aromatic carbocycles. The molecule has 2 heterocycles. The molecule has 1 aromatic heterocycles. The van der Waals surface area contributed by atoms with E-state index in [0.29, 0.717) is 5.57 Å². The number of hydrogen-bond acceptors (Lipinski definition) is 6. The lowest BCUT2D eigenvalue weighted by molar-refractivity contribution is -0.140. The fourth-order valence-corrected chi connectivity index (χ4v) is 3.60. The van der Waals surface area contributed by atoms with E-state index in [9.17, 15) is 19.5 Å². The minimum absolute atomic E-state index is 0.0639. The Morgan fingerprint density at radius 3 is 2.74 bits per heavy atom. The number of aliphatic carboxylic acids is 2. The fraction of sp³-hybridized carbons (Fsp3) is 0.286. The number of carbonyl (C=O) groups is 3. The zero-order valence-electron chi connectivity index (χ0n) is 11.9. The van der Waals surface area contributed by atoms with Gasteiger partial charge < -0.3 is 15.5 Å². The molecule has 7 nitrogen and oxygen atoms in total. The number of nitrogens with zero attached hydrogens (tertiary/aromatic N) is 1. The number of thiophene rings is 1. The predicted octanol–water partition coefficient (Wildman–Crippen LogP) is 1.01. The van der Waals surface area contributed by atoms with E-state index in [4.69, 9.17) is 5.11 Å². The third-order valence-electron chi connectivity index (χ3n) is 3.00. The molecule has 0 fully saturated rings. The molecule has 0 bridgehead atoms. The van der Waals surface area contributed by atoms with Crippen LogP contribution >= 0.6 is 23.1 Å². The minimum atomic E-state index is -1.36. The van der Waals surface area contributed by atoms with Crippen molar-refractivity contribution in [1.29, 1.82) is 0 Å². The van der Waals surface area contributed by atoms with Crippen molar-refractivity contribution < 1.29 is 24.6 Å². The van der Waals surface area contributed by atoms with Crippen molar-refractivity contribution >= 4 is 46.0 Å². The first-order chi connectivity index (χ1) is 10.9. The van der Waals surface area contributed by atoms with Gasteiger partial charge in [0, 0.05) is 10.6 Å². The molecule has 2 rings (SSSR count). The number of hydrogen-bond donors (Lipinski definition) is 3. The van der Waals surface area contributed by atoms with Crippen LogP contribution in [0.4, 0.5) is 0 Å². The minimum Gasteiger partial charge on any atom is -0.479 e. The summed E-state index contributed by atoms with van der Waals surface area (Å²) >= 11 is 2.47. The number of amides is 1. The summed E-state index contributed by atoms with van der Waals surface area (Å²) < 4.78 is 0. The van der Waals surface area contributed by atoms with Crippen LogP contribution in [0.5, 0.6) is 0 Å². The first kappa shape index (κ1) is 17.2. The normalized spacial score (nSPS) is 18.9. The molecule has 0 spiro atoms. The van der Waals surface area contributed by atoms with Crippen molar-refractivity contribution in [1.82, 2.24) is 5.32 Å². The van der Waals surface area contributed by atoms with Gasteiger partial charge in [0.1, 0.15) is 5.04 Å². The molecule has 23 heavy (non-hydrogen) atoms. The van der Waals surface area contributed by atoms with E-state index in [0.717, 1.165) is 16.6 Å². The maximum absolute atomic E-state index is 12.0. The Labute approximate surface area is 140 Å². The van der Waals surface area contributed by atoms with Crippen LogP contribution in [0.1, 0.15) is 4.88 Å². The molecule has 3 N–H and O–H groups in total. The van der Waals surface area contributed by atoms with Gasteiger partial charge in [-0.3, -0.25) is 9.79 Å². The van der Waals surface area contributed by atoms with Crippen LogP contribution in [-0.2, 0) is 20.8 Å². The first-order valence-electron chi connectivity index (χ1n) is 6.54. The SMILES string of the molecule is C=C1CSC([C@H](NC(=O)Cc2cccs2)C(=O)O)=N[C@@H]1C(=O)O. The van der Waals surface area contributed by atoms with Crippen LogP contribution < -0.4 is 5.32 Å². The smallest absolute Gasteiger partial charge is 0.333 e. The molecule has 1 aromatic rings. The Kier molecular flexibility index (Phi) is 5.56. The van der Waals surface area contributed by atoms with E-state index in [1.807, 2.05) is 5.38 Å². The van der Waals surface area contributed by atoms with E-state index in [2.05, 4.69) is 16.9 Å². The summed E-state index contributed by atoms with van der Waals surface area (Å²) in [5.74, 6) is -2.69. The molecule has 1 aliphatic rings. The van der Waals surface area contributed by atoms with Crippen LogP contribution in [0.25, 0.3) is 0 Å². The maximum atomic E-state index is 12.0. The van der Waals surface area contributed by atoms with Gasteiger partial charge in [-0.25, -0.2) is 9.59 Å². The Hall–Kier alpha value is -2.13. The third kappa shape index (κ3) is 4.42. The molecule has 9 heteroatoms. The Morgan fingerprint density at radius 1 is 1.43 bits per heavy atom. The highest BCUT2D eigenvalue weighted by Gasteiger charge is 2.33. The van der Waals surface area contributed by atoms with Crippen LogP contribution in [0, 0.1) is 0 Å². The van der Waals surface area contributed by atoms with Crippen LogP contribution in [-0.4, -0.2) is 50.9 Å². The molecule has 1 aliphatic heterocycles. The molecule has 2 atom stereocenters. The Morgan fingerprint density at radius 2 is 2.17 bits per heavy atom. The molecular weight excluding hydrogens is 340 g/mol. The summed E-state index contributed by atoms with van der Waals surface area (Å²) in [4.78, 5) is 39.3. The molecule has 0 saturated heterocycles. The Bertz CT molecular complexity index is 669. The molecular formula is C14H14N2O5S2. The summed E-state index contributed by atoms with van der Waals surface area (Å²) in [6, 6.07) is 1.04. The number of aliphatic imine (C=N–C) groups is 1. The summed E-state index contributed by atoms with van der Waals surface area (Å²) in [5, 5.41) is 22.7. The standard InChI is InChI=1S/C14H14N2O5S2/c1-7-6-23-12(16-10(7)13(18)19)11(14(20)21)15-9(17)5-8-3-2-4-22-8/h2-4,10-11H,1,5-6H2,(H,15,17)(H,18,19)(H,20,21)/t10-,11-/m0/s1. The number of rotatable bonds is 6. The third-order valence-corrected chi connectivity index (χ3v) is 5.02. The molecule has 1 amide bonds. The maximum Gasteiger partial charge on any atom is 0.333 e. The second-order valence-electron chi connectivity index (χ2n) is 4.75. The quantitative estimate of drug-likeness (QED) is 0.657. The van der Waals surface area contributed by atoms with Crippen molar-refractivity contribution in [2.75, 3.05) is 5.75 Å². The molecule has 0 saturated carbocycles.